The molecule has 1 aromatic rings. The highest BCUT2D eigenvalue weighted by Crippen LogP contribution is 2.32. The third-order valence-electron chi connectivity index (χ3n) is 3.57. The first-order valence-electron chi connectivity index (χ1n) is 7.08. The third kappa shape index (κ3) is 4.61. The van der Waals surface area contributed by atoms with Crippen molar-refractivity contribution in [2.24, 2.45) is 16.6 Å². The molecule has 0 saturated heterocycles. The molecule has 2 heteroatoms. The van der Waals surface area contributed by atoms with Crippen molar-refractivity contribution in [1.82, 2.24) is 0 Å². The van der Waals surface area contributed by atoms with Crippen molar-refractivity contribution in [2.75, 3.05) is 0 Å². The number of nitrogens with zero attached hydrogens (tertiary/aromatic N) is 1. The Kier molecular flexibility index (Phi) is 4.94. The molecule has 2 nitrogen and oxygen atoms in total. The Bertz CT molecular complexity index is 379. The molecule has 18 heavy (non-hydrogen) atoms. The molecule has 0 unspecified atom stereocenters. The first kappa shape index (κ1) is 13.3. The zero-order valence-corrected chi connectivity index (χ0v) is 11.3. The number of nitrogens with two attached hydrogens (primary N) is 1. The van der Waals surface area contributed by atoms with Crippen molar-refractivity contribution < 1.29 is 0 Å². The van der Waals surface area contributed by atoms with Gasteiger partial charge in [0.1, 0.15) is 0 Å². The van der Waals surface area contributed by atoms with Gasteiger partial charge in [0.15, 0.2) is 0 Å². The van der Waals surface area contributed by atoms with Crippen molar-refractivity contribution in [3.8, 4) is 0 Å². The zero-order valence-electron chi connectivity index (χ0n) is 11.3. The van der Waals surface area contributed by atoms with Crippen LogP contribution in [0.15, 0.2) is 35.3 Å². The van der Waals surface area contributed by atoms with Crippen molar-refractivity contribution in [2.45, 2.75) is 51.6 Å². The molecule has 98 valence electrons. The number of hydrogen-bond donors (Lipinski definition) is 1. The number of unbranched alkanes of at least 4 members (excludes halogenated alkanes) is 1. The van der Waals surface area contributed by atoms with Crippen LogP contribution in [0.4, 0.5) is 0 Å². The van der Waals surface area contributed by atoms with Crippen LogP contribution in [-0.2, 0) is 6.42 Å². The molecule has 1 aliphatic rings. The summed E-state index contributed by atoms with van der Waals surface area (Å²) in [6.07, 6.45) is 7.31. The molecule has 1 fully saturated rings. The summed E-state index contributed by atoms with van der Waals surface area (Å²) in [4.78, 5) is 4.58. The molecule has 0 amide bonds. The molecule has 1 atom stereocenters. The van der Waals surface area contributed by atoms with Crippen LogP contribution in [-0.4, -0.2) is 11.9 Å². The molecule has 1 saturated carbocycles. The minimum Gasteiger partial charge on any atom is -0.310 e. The van der Waals surface area contributed by atoms with E-state index in [9.17, 15) is 0 Å². The summed E-state index contributed by atoms with van der Waals surface area (Å²) in [6, 6.07) is 10.7. The van der Waals surface area contributed by atoms with Crippen LogP contribution in [0, 0.1) is 5.92 Å². The fourth-order valence-electron chi connectivity index (χ4n) is 2.22. The van der Waals surface area contributed by atoms with Crippen LogP contribution in [0.5, 0.6) is 0 Å². The molecule has 0 aromatic heterocycles. The SMILES string of the molecule is CC(CCCCc1ccccc1)=N[C@@H](N)C1CC1. The fourth-order valence-corrected chi connectivity index (χ4v) is 2.22. The van der Waals surface area contributed by atoms with E-state index in [0.29, 0.717) is 5.92 Å². The van der Waals surface area contributed by atoms with Gasteiger partial charge in [-0.05, 0) is 56.9 Å². The standard InChI is InChI=1S/C16H24N2/c1-13(18-16(17)15-11-12-15)7-5-6-10-14-8-3-2-4-9-14/h2-4,8-9,15-16H,5-7,10-12,17H2,1H3/t16-/m1/s1. The number of aryl methyl sites for hydroxylation is 1. The number of rotatable bonds is 7. The fraction of sp³-hybridized carbons (Fsp3) is 0.562. The predicted molar refractivity (Wildman–Crippen MR) is 77.8 cm³/mol. The molecule has 0 heterocycles. The molecular formula is C16H24N2. The predicted octanol–water partition coefficient (Wildman–Crippen LogP) is 3.56. The quantitative estimate of drug-likeness (QED) is 0.578. The van der Waals surface area contributed by atoms with E-state index < -0.39 is 0 Å². The maximum atomic E-state index is 5.99. The molecule has 1 aliphatic carbocycles. The molecular weight excluding hydrogens is 220 g/mol. The van der Waals surface area contributed by atoms with Crippen molar-refractivity contribution >= 4 is 5.71 Å². The Balaban J connectivity index is 1.62. The van der Waals surface area contributed by atoms with E-state index in [0.717, 1.165) is 6.42 Å². The summed E-state index contributed by atoms with van der Waals surface area (Å²) in [5.74, 6) is 0.671. The van der Waals surface area contributed by atoms with E-state index in [1.54, 1.807) is 0 Å². The summed E-state index contributed by atoms with van der Waals surface area (Å²) in [5, 5.41) is 0. The summed E-state index contributed by atoms with van der Waals surface area (Å²) in [5.41, 5.74) is 8.64. The van der Waals surface area contributed by atoms with Gasteiger partial charge in [-0.15, -0.1) is 0 Å². The van der Waals surface area contributed by atoms with Gasteiger partial charge in [-0.3, -0.25) is 4.99 Å². The smallest absolute Gasteiger partial charge is 0.0996 e. The monoisotopic (exact) mass is 244 g/mol. The number of hydrogen-bond acceptors (Lipinski definition) is 2. The average molecular weight is 244 g/mol. The van der Waals surface area contributed by atoms with Gasteiger partial charge in [0.05, 0.1) is 6.17 Å². The maximum Gasteiger partial charge on any atom is 0.0996 e. The van der Waals surface area contributed by atoms with E-state index in [1.165, 1.54) is 43.4 Å². The highest BCUT2D eigenvalue weighted by Gasteiger charge is 2.27. The van der Waals surface area contributed by atoms with Crippen LogP contribution in [0.1, 0.15) is 44.6 Å². The molecule has 0 radical (unpaired) electrons. The van der Waals surface area contributed by atoms with Gasteiger partial charge >= 0.3 is 0 Å². The number of benzene rings is 1. The van der Waals surface area contributed by atoms with E-state index in [-0.39, 0.29) is 6.17 Å². The van der Waals surface area contributed by atoms with E-state index in [4.69, 9.17) is 5.73 Å². The highest BCUT2D eigenvalue weighted by molar-refractivity contribution is 5.82. The van der Waals surface area contributed by atoms with Crippen molar-refractivity contribution in [3.05, 3.63) is 35.9 Å². The van der Waals surface area contributed by atoms with Crippen LogP contribution in [0.25, 0.3) is 0 Å². The lowest BCUT2D eigenvalue weighted by Crippen LogP contribution is -2.21. The maximum absolute atomic E-state index is 5.99. The molecule has 0 aliphatic heterocycles. The zero-order chi connectivity index (χ0) is 12.8. The average Bonchev–Trinajstić information content (AvgIpc) is 3.20. The molecule has 2 rings (SSSR count). The molecule has 0 bridgehead atoms. The molecule has 1 aromatic carbocycles. The van der Waals surface area contributed by atoms with Gasteiger partial charge < -0.3 is 5.73 Å². The van der Waals surface area contributed by atoms with Crippen LogP contribution >= 0.6 is 0 Å². The number of aliphatic imine (C=N–C) groups is 1. The van der Waals surface area contributed by atoms with Gasteiger partial charge in [-0.25, -0.2) is 0 Å². The topological polar surface area (TPSA) is 38.4 Å². The minimum atomic E-state index is 0.0686. The lowest BCUT2D eigenvalue weighted by Gasteiger charge is -2.07. The largest absolute Gasteiger partial charge is 0.310 e. The third-order valence-corrected chi connectivity index (χ3v) is 3.57. The van der Waals surface area contributed by atoms with E-state index in [2.05, 4.69) is 42.2 Å². The second kappa shape index (κ2) is 6.69. The second-order valence-corrected chi connectivity index (χ2v) is 5.39. The molecule has 2 N–H and O–H groups in total. The summed E-state index contributed by atoms with van der Waals surface area (Å²) >= 11 is 0. The van der Waals surface area contributed by atoms with Crippen LogP contribution in [0.2, 0.25) is 0 Å². The van der Waals surface area contributed by atoms with Gasteiger partial charge in [-0.2, -0.15) is 0 Å². The van der Waals surface area contributed by atoms with Gasteiger partial charge in [0.25, 0.3) is 0 Å². The summed E-state index contributed by atoms with van der Waals surface area (Å²) in [7, 11) is 0. The Morgan fingerprint density at radius 2 is 2.00 bits per heavy atom. The van der Waals surface area contributed by atoms with Gasteiger partial charge in [-0.1, -0.05) is 30.3 Å². The minimum absolute atomic E-state index is 0.0686. The molecule has 0 spiro atoms. The van der Waals surface area contributed by atoms with E-state index >= 15 is 0 Å². The van der Waals surface area contributed by atoms with Crippen LogP contribution in [0.3, 0.4) is 0 Å². The van der Waals surface area contributed by atoms with Gasteiger partial charge in [0, 0.05) is 5.71 Å². The Morgan fingerprint density at radius 1 is 1.28 bits per heavy atom. The highest BCUT2D eigenvalue weighted by atomic mass is 15.0. The van der Waals surface area contributed by atoms with Crippen LogP contribution < -0.4 is 5.73 Å². The van der Waals surface area contributed by atoms with E-state index in [1.807, 2.05) is 0 Å². The summed E-state index contributed by atoms with van der Waals surface area (Å²) < 4.78 is 0. The lowest BCUT2D eigenvalue weighted by molar-refractivity contribution is 0.619. The second-order valence-electron chi connectivity index (χ2n) is 5.39. The Labute approximate surface area is 110 Å². The van der Waals surface area contributed by atoms with Gasteiger partial charge in [0.2, 0.25) is 0 Å². The normalized spacial score (nSPS) is 17.8. The Hall–Kier alpha value is -1.15. The van der Waals surface area contributed by atoms with Crippen molar-refractivity contribution in [1.29, 1.82) is 0 Å². The first-order chi connectivity index (χ1) is 8.75. The first-order valence-corrected chi connectivity index (χ1v) is 7.08. The summed E-state index contributed by atoms with van der Waals surface area (Å²) in [6.45, 7) is 2.12. The Morgan fingerprint density at radius 3 is 2.67 bits per heavy atom. The lowest BCUT2D eigenvalue weighted by atomic mass is 10.1. The van der Waals surface area contributed by atoms with Crippen molar-refractivity contribution in [3.63, 3.8) is 0 Å².